The number of allylic oxidation sites excluding steroid dienone is 1. The summed E-state index contributed by atoms with van der Waals surface area (Å²) in [4.78, 5) is 33.3. The largest absolute Gasteiger partial charge is 0.459 e. The average molecular weight is 832 g/mol. The Morgan fingerprint density at radius 3 is 2.58 bits per heavy atom. The van der Waals surface area contributed by atoms with Crippen molar-refractivity contribution in [1.82, 2.24) is 4.90 Å². The number of nitrogens with zero attached hydrogens (tertiary/aromatic N) is 3. The molecule has 1 saturated carbocycles. The summed E-state index contributed by atoms with van der Waals surface area (Å²) in [6.45, 7) is 11.2. The number of amides is 1. The molecule has 2 aromatic carbocycles. The van der Waals surface area contributed by atoms with Gasteiger partial charge in [-0.1, -0.05) is 49.2 Å². The first-order valence-corrected chi connectivity index (χ1v) is 21.6. The molecule has 2 N–H and O–H groups in total. The van der Waals surface area contributed by atoms with Crippen LogP contribution in [-0.2, 0) is 19.0 Å². The van der Waals surface area contributed by atoms with Crippen molar-refractivity contribution in [2.24, 2.45) is 22.9 Å². The van der Waals surface area contributed by atoms with E-state index in [-0.39, 0.29) is 56.3 Å². The fraction of sp³-hybridized carbons (Fsp3) is 0.565. The second-order valence-corrected chi connectivity index (χ2v) is 15.9. The van der Waals surface area contributed by atoms with Crippen LogP contribution in [0.5, 0.6) is 17.2 Å². The number of fused-ring (bicyclic) bond motifs is 2. The van der Waals surface area contributed by atoms with E-state index < -0.39 is 35.1 Å². The molecule has 60 heavy (non-hydrogen) atoms. The zero-order valence-electron chi connectivity index (χ0n) is 34.8. The number of nitro benzene ring substituents is 1. The van der Waals surface area contributed by atoms with Crippen molar-refractivity contribution in [3.63, 3.8) is 0 Å². The number of unbranched alkanes of at least 4 members (excludes halogenated alkanes) is 2. The van der Waals surface area contributed by atoms with Crippen LogP contribution in [0.2, 0.25) is 0 Å². The minimum atomic E-state index is -1.45. The predicted octanol–water partition coefficient (Wildman–Crippen LogP) is 8.97. The van der Waals surface area contributed by atoms with E-state index in [0.29, 0.717) is 68.2 Å². The normalized spacial score (nSPS) is 26.1. The number of ether oxygens (including phenoxy) is 5. The molecule has 6 rings (SSSR count). The summed E-state index contributed by atoms with van der Waals surface area (Å²) in [6, 6.07) is 10.9. The van der Waals surface area contributed by atoms with E-state index in [0.717, 1.165) is 49.7 Å². The lowest BCUT2D eigenvalue weighted by Crippen LogP contribution is -2.70. The summed E-state index contributed by atoms with van der Waals surface area (Å²) in [6.07, 6.45) is 13.0. The molecule has 0 bridgehead atoms. The van der Waals surface area contributed by atoms with Crippen LogP contribution in [0.15, 0.2) is 84.6 Å². The molecule has 0 radical (unpaired) electrons. The van der Waals surface area contributed by atoms with Crippen LogP contribution in [0.4, 0.5) is 10.5 Å². The van der Waals surface area contributed by atoms with E-state index in [2.05, 4.69) is 19.2 Å². The van der Waals surface area contributed by atoms with Gasteiger partial charge >= 0.3 is 6.09 Å². The van der Waals surface area contributed by atoms with E-state index in [1.807, 2.05) is 19.1 Å². The summed E-state index contributed by atoms with van der Waals surface area (Å²) in [5.41, 5.74) is 2.34. The molecular formula is C46H61N3O11. The number of nitro groups is 1. The zero-order chi connectivity index (χ0) is 42.5. The minimum Gasteiger partial charge on any atom is -0.459 e. The van der Waals surface area contributed by atoms with Crippen LogP contribution in [0.1, 0.15) is 95.5 Å². The molecule has 2 aliphatic carbocycles. The first kappa shape index (κ1) is 44.8. The van der Waals surface area contributed by atoms with Gasteiger partial charge in [0, 0.05) is 50.1 Å². The van der Waals surface area contributed by atoms with Crippen LogP contribution >= 0.6 is 0 Å². The zero-order valence-corrected chi connectivity index (χ0v) is 34.8. The highest BCUT2D eigenvalue weighted by molar-refractivity contribution is 6.03. The molecule has 14 nitrogen and oxygen atoms in total. The third-order valence-corrected chi connectivity index (χ3v) is 11.9. The van der Waals surface area contributed by atoms with Crippen molar-refractivity contribution in [2.75, 3.05) is 39.6 Å². The fourth-order valence-electron chi connectivity index (χ4n) is 9.35. The van der Waals surface area contributed by atoms with Crippen molar-refractivity contribution in [2.45, 2.75) is 108 Å². The van der Waals surface area contributed by atoms with E-state index in [4.69, 9.17) is 33.7 Å². The van der Waals surface area contributed by atoms with E-state index in [1.54, 1.807) is 35.3 Å². The van der Waals surface area contributed by atoms with Gasteiger partial charge < -0.3 is 38.7 Å². The molecule has 2 heterocycles. The number of aliphatic hydroxyl groups is 2. The quantitative estimate of drug-likeness (QED) is 0.0502. The number of carbonyl (C=O) groups excluding carboxylic acids is 1. The van der Waals surface area contributed by atoms with Gasteiger partial charge in [-0.2, -0.15) is 0 Å². The van der Waals surface area contributed by atoms with Gasteiger partial charge in [-0.05, 0) is 93.0 Å². The molecule has 1 amide bonds. The summed E-state index contributed by atoms with van der Waals surface area (Å²) in [7, 11) is 0. The fourth-order valence-corrected chi connectivity index (χ4v) is 9.35. The molecule has 7 atom stereocenters. The van der Waals surface area contributed by atoms with Crippen LogP contribution in [-0.4, -0.2) is 89.5 Å². The molecule has 14 heteroatoms. The average Bonchev–Trinajstić information content (AvgIpc) is 3.26. The molecule has 326 valence electrons. The standard InChI is InChI=1S/C46H61N3O11/c1-4-7-26-56-45(52)48(22-5-2)41-31-39(47-60-42-19-10-13-27-55-42)37-28-32(15-8-11-23-50)36(18-9-12-24-51)43-38-30-35(58-34-17-14-16-33(29-34)49(53)54)20-21-40(38)59-46(41,44(37)43)57-25-6-3/h4,6,14,16-17,20-21,28-30,32,36,41-44,50-51H,1,3,5,7-13,15,18-19,22-27,31H2,2H3/t32-,36+,41-,42?,43+,44+,46+/m0/s1. The summed E-state index contributed by atoms with van der Waals surface area (Å²) >= 11 is 0. The highest BCUT2D eigenvalue weighted by Gasteiger charge is 2.65. The monoisotopic (exact) mass is 831 g/mol. The SMILES string of the molecule is C=CCCOC(=O)N(CCC)[C@H]1CC(=NOC2CCCCO2)C2=C[C@H](CCCCO)[C@@H](CCCCO)[C@@H]3c4cc(Oc5cccc([N+](=O)[O-])c5)ccc4O[C@@]1(OCC=C)[C@H]23. The topological polar surface area (TPSA) is 172 Å². The lowest BCUT2D eigenvalue weighted by molar-refractivity contribution is -0.384. The van der Waals surface area contributed by atoms with Gasteiger partial charge in [-0.15, -0.1) is 13.2 Å². The van der Waals surface area contributed by atoms with Crippen molar-refractivity contribution >= 4 is 17.5 Å². The van der Waals surface area contributed by atoms with Crippen molar-refractivity contribution in [1.29, 1.82) is 0 Å². The Labute approximate surface area is 352 Å². The van der Waals surface area contributed by atoms with Gasteiger partial charge in [-0.25, -0.2) is 4.79 Å². The number of non-ortho nitro benzene ring substituents is 1. The number of hydrogen-bond acceptors (Lipinski definition) is 12. The second kappa shape index (κ2) is 21.7. The first-order chi connectivity index (χ1) is 29.3. The Morgan fingerprint density at radius 2 is 1.87 bits per heavy atom. The second-order valence-electron chi connectivity index (χ2n) is 15.9. The lowest BCUT2D eigenvalue weighted by atomic mass is 9.55. The number of oxime groups is 1. The Morgan fingerprint density at radius 1 is 1.07 bits per heavy atom. The van der Waals surface area contributed by atoms with Crippen molar-refractivity contribution < 1.29 is 48.5 Å². The van der Waals surface area contributed by atoms with E-state index in [9.17, 15) is 25.1 Å². The van der Waals surface area contributed by atoms with Gasteiger partial charge in [-0.3, -0.25) is 15.0 Å². The Hall–Kier alpha value is -4.76. The van der Waals surface area contributed by atoms with E-state index in [1.165, 1.54) is 12.1 Å². The molecule has 0 spiro atoms. The number of aliphatic hydroxyl groups excluding tert-OH is 2. The number of benzene rings is 2. The highest BCUT2D eigenvalue weighted by atomic mass is 16.8. The van der Waals surface area contributed by atoms with E-state index >= 15 is 0 Å². The maximum absolute atomic E-state index is 14.3. The van der Waals surface area contributed by atoms with Crippen LogP contribution in [0.3, 0.4) is 0 Å². The summed E-state index contributed by atoms with van der Waals surface area (Å²) in [5, 5.41) is 36.3. The lowest BCUT2D eigenvalue weighted by Gasteiger charge is -2.60. The summed E-state index contributed by atoms with van der Waals surface area (Å²) < 4.78 is 32.4. The molecule has 4 aliphatic rings. The van der Waals surface area contributed by atoms with Crippen LogP contribution < -0.4 is 9.47 Å². The number of rotatable bonds is 22. The van der Waals surface area contributed by atoms with Crippen molar-refractivity contribution in [3.8, 4) is 17.2 Å². The van der Waals surface area contributed by atoms with Crippen LogP contribution in [0.25, 0.3) is 0 Å². The Balaban J connectivity index is 1.57. The van der Waals surface area contributed by atoms with Gasteiger partial charge in [0.15, 0.2) is 0 Å². The van der Waals surface area contributed by atoms with Crippen LogP contribution in [0, 0.1) is 27.9 Å². The maximum Gasteiger partial charge on any atom is 0.410 e. The predicted molar refractivity (Wildman–Crippen MR) is 226 cm³/mol. The smallest absolute Gasteiger partial charge is 0.410 e. The molecule has 2 aliphatic heterocycles. The van der Waals surface area contributed by atoms with Gasteiger partial charge in [0.25, 0.3) is 5.69 Å². The molecule has 1 unspecified atom stereocenters. The molecule has 0 aromatic heterocycles. The van der Waals surface area contributed by atoms with Gasteiger partial charge in [0.1, 0.15) is 23.3 Å². The minimum absolute atomic E-state index is 0.00632. The third kappa shape index (κ3) is 10.2. The maximum atomic E-state index is 14.3. The highest BCUT2D eigenvalue weighted by Crippen LogP contribution is 2.62. The molecular weight excluding hydrogens is 771 g/mol. The third-order valence-electron chi connectivity index (χ3n) is 11.9. The molecule has 2 fully saturated rings. The summed E-state index contributed by atoms with van der Waals surface area (Å²) in [5.74, 6) is -0.899. The molecule has 1 saturated heterocycles. The molecule has 2 aromatic rings. The Bertz CT molecular complexity index is 1840. The Kier molecular flexibility index (Phi) is 16.2. The first-order valence-electron chi connectivity index (χ1n) is 21.6. The number of hydrogen-bond donors (Lipinski definition) is 2. The van der Waals surface area contributed by atoms with Gasteiger partial charge in [0.05, 0.1) is 42.4 Å². The van der Waals surface area contributed by atoms with Gasteiger partial charge in [0.2, 0.25) is 12.1 Å². The van der Waals surface area contributed by atoms with Crippen molar-refractivity contribution in [3.05, 3.63) is 95.1 Å². The number of carbonyl (C=O) groups is 1.